The maximum atomic E-state index is 11.7. The Balaban J connectivity index is 3.62. The molecule has 0 atom stereocenters. The van der Waals surface area contributed by atoms with Crippen LogP contribution in [0, 0.1) is 0 Å². The monoisotopic (exact) mass is 323 g/mol. The summed E-state index contributed by atoms with van der Waals surface area (Å²) in [5, 5.41) is -0.221. The Kier molecular flexibility index (Phi) is 5.99. The summed E-state index contributed by atoms with van der Waals surface area (Å²) in [4.78, 5) is 20.3. The van der Waals surface area contributed by atoms with Crippen molar-refractivity contribution < 1.29 is 13.2 Å². The van der Waals surface area contributed by atoms with Gasteiger partial charge in [0.25, 0.3) is 0 Å². The van der Waals surface area contributed by atoms with E-state index in [0.717, 1.165) is 17.4 Å². The third-order valence-electron chi connectivity index (χ3n) is 2.78. The summed E-state index contributed by atoms with van der Waals surface area (Å²) in [6.45, 7) is 5.77. The summed E-state index contributed by atoms with van der Waals surface area (Å²) in [6.07, 6.45) is 7.38. The number of carbonyl (C=O) groups excluding carboxylic acids is 1. The fourth-order valence-corrected chi connectivity index (χ4v) is 2.31. The van der Waals surface area contributed by atoms with E-state index in [1.165, 1.54) is 11.1 Å². The molecule has 6 nitrogen and oxygen atoms in total. The molecule has 1 heterocycles. The van der Waals surface area contributed by atoms with Crippen molar-refractivity contribution in [3.05, 3.63) is 35.3 Å². The van der Waals surface area contributed by atoms with Crippen LogP contribution in [0.15, 0.2) is 29.2 Å². The zero-order chi connectivity index (χ0) is 16.9. The lowest BCUT2D eigenvalue weighted by Crippen LogP contribution is -2.11. The van der Waals surface area contributed by atoms with E-state index in [2.05, 4.69) is 9.97 Å². The average Bonchev–Trinajstić information content (AvgIpc) is 2.44. The van der Waals surface area contributed by atoms with E-state index in [0.29, 0.717) is 24.1 Å². The average molecular weight is 323 g/mol. The summed E-state index contributed by atoms with van der Waals surface area (Å²) >= 11 is 0. The maximum Gasteiger partial charge on any atom is 0.247 e. The highest BCUT2D eigenvalue weighted by molar-refractivity contribution is 7.90. The van der Waals surface area contributed by atoms with Crippen LogP contribution in [0.2, 0.25) is 0 Å². The van der Waals surface area contributed by atoms with Crippen LogP contribution in [0.25, 0.3) is 5.57 Å². The number of aromatic nitrogens is 2. The molecule has 7 heteroatoms. The number of nitrogens with zero attached hydrogens (tertiary/aromatic N) is 3. The van der Waals surface area contributed by atoms with E-state index < -0.39 is 9.84 Å². The summed E-state index contributed by atoms with van der Waals surface area (Å²) in [5.41, 5.74) is 3.01. The minimum atomic E-state index is -3.50. The first-order valence-corrected chi connectivity index (χ1v) is 8.68. The van der Waals surface area contributed by atoms with Crippen molar-refractivity contribution in [3.63, 3.8) is 0 Å². The molecule has 0 bridgehead atoms. The molecule has 120 valence electrons. The molecular weight excluding hydrogens is 302 g/mol. The van der Waals surface area contributed by atoms with Gasteiger partial charge in [-0.05, 0) is 25.8 Å². The van der Waals surface area contributed by atoms with Gasteiger partial charge in [-0.25, -0.2) is 18.4 Å². The van der Waals surface area contributed by atoms with E-state index in [1.54, 1.807) is 13.2 Å². The van der Waals surface area contributed by atoms with Crippen molar-refractivity contribution in [1.29, 1.82) is 0 Å². The predicted octanol–water partition coefficient (Wildman–Crippen LogP) is 1.84. The first kappa shape index (κ1) is 18.0. The third-order valence-corrected chi connectivity index (χ3v) is 3.64. The molecular formula is C15H21N3O3S. The fourth-order valence-electron chi connectivity index (χ4n) is 1.81. The topological polar surface area (TPSA) is 80.2 Å². The second-order valence-corrected chi connectivity index (χ2v) is 7.14. The first-order valence-electron chi connectivity index (χ1n) is 6.79. The Bertz CT molecular complexity index is 718. The highest BCUT2D eigenvalue weighted by Gasteiger charge is 2.16. The summed E-state index contributed by atoms with van der Waals surface area (Å²) in [7, 11) is -1.89. The number of rotatable bonds is 6. The number of allylic oxidation sites excluding steroid dienone is 3. The van der Waals surface area contributed by atoms with Crippen LogP contribution in [0.4, 0.5) is 0 Å². The normalized spacial score (nSPS) is 12.0. The van der Waals surface area contributed by atoms with Gasteiger partial charge < -0.3 is 4.90 Å². The molecule has 0 N–H and O–H groups in total. The molecule has 0 unspecified atom stereocenters. The van der Waals surface area contributed by atoms with Gasteiger partial charge in [-0.2, -0.15) is 0 Å². The van der Waals surface area contributed by atoms with E-state index >= 15 is 0 Å². The summed E-state index contributed by atoms with van der Waals surface area (Å²) in [5.74, 6) is 0. The zero-order valence-electron chi connectivity index (χ0n) is 13.5. The largest absolute Gasteiger partial charge is 0.324 e. The molecule has 0 fully saturated rings. The van der Waals surface area contributed by atoms with Gasteiger partial charge in [0.1, 0.15) is 0 Å². The van der Waals surface area contributed by atoms with E-state index in [1.807, 2.05) is 26.8 Å². The van der Waals surface area contributed by atoms with Crippen LogP contribution in [-0.2, 0) is 21.1 Å². The number of aryl methyl sites for hydroxylation is 1. The fraction of sp³-hybridized carbons (Fsp3) is 0.400. The van der Waals surface area contributed by atoms with Crippen molar-refractivity contribution in [2.45, 2.75) is 32.3 Å². The quantitative estimate of drug-likeness (QED) is 0.453. The van der Waals surface area contributed by atoms with Gasteiger partial charge in [0.15, 0.2) is 0 Å². The van der Waals surface area contributed by atoms with E-state index in [-0.39, 0.29) is 5.16 Å². The molecule has 1 rings (SSSR count). The SMILES string of the molecule is CCc1cnc(S(C)(=O)=O)nc1/C(C=C(C)C)=C/N(C)C=O. The standard InChI is InChI=1S/C15H21N3O3S/c1-6-12-8-16-15(22(5,20)21)17-14(12)13(7-11(2)3)9-18(4)10-19/h7-10H,6H2,1-5H3/b13-9+. The Morgan fingerprint density at radius 1 is 1.36 bits per heavy atom. The van der Waals surface area contributed by atoms with Crippen LogP contribution in [0.5, 0.6) is 0 Å². The van der Waals surface area contributed by atoms with Crippen molar-refractivity contribution >= 4 is 21.8 Å². The molecule has 0 aromatic carbocycles. The lowest BCUT2D eigenvalue weighted by molar-refractivity contribution is -0.114. The molecule has 0 radical (unpaired) electrons. The summed E-state index contributed by atoms with van der Waals surface area (Å²) < 4.78 is 23.4. The van der Waals surface area contributed by atoms with Gasteiger partial charge in [0.2, 0.25) is 21.4 Å². The van der Waals surface area contributed by atoms with Crippen molar-refractivity contribution in [2.24, 2.45) is 0 Å². The third kappa shape index (κ3) is 4.77. The van der Waals surface area contributed by atoms with Crippen LogP contribution in [-0.4, -0.2) is 43.0 Å². The number of carbonyl (C=O) groups is 1. The van der Waals surface area contributed by atoms with Crippen molar-refractivity contribution in [3.8, 4) is 0 Å². The van der Waals surface area contributed by atoms with Gasteiger partial charge in [-0.15, -0.1) is 0 Å². The van der Waals surface area contributed by atoms with Gasteiger partial charge >= 0.3 is 0 Å². The van der Waals surface area contributed by atoms with Crippen LogP contribution < -0.4 is 0 Å². The van der Waals surface area contributed by atoms with Crippen LogP contribution in [0.3, 0.4) is 0 Å². The Morgan fingerprint density at radius 2 is 2.00 bits per heavy atom. The van der Waals surface area contributed by atoms with Gasteiger partial charge in [0.05, 0.1) is 5.69 Å². The zero-order valence-corrected chi connectivity index (χ0v) is 14.3. The van der Waals surface area contributed by atoms with Crippen molar-refractivity contribution in [1.82, 2.24) is 14.9 Å². The molecule has 0 aliphatic heterocycles. The van der Waals surface area contributed by atoms with Crippen LogP contribution in [0.1, 0.15) is 32.0 Å². The minimum Gasteiger partial charge on any atom is -0.324 e. The Morgan fingerprint density at radius 3 is 2.45 bits per heavy atom. The molecule has 1 aromatic heterocycles. The second kappa shape index (κ2) is 7.31. The molecule has 0 saturated heterocycles. The lowest BCUT2D eigenvalue weighted by atomic mass is 10.0. The minimum absolute atomic E-state index is 0.221. The predicted molar refractivity (Wildman–Crippen MR) is 85.8 cm³/mol. The molecule has 22 heavy (non-hydrogen) atoms. The van der Waals surface area contributed by atoms with Crippen LogP contribution >= 0.6 is 0 Å². The van der Waals surface area contributed by atoms with Gasteiger partial charge in [0, 0.05) is 31.3 Å². The summed E-state index contributed by atoms with van der Waals surface area (Å²) in [6, 6.07) is 0. The molecule has 1 aromatic rings. The number of amides is 1. The molecule has 0 aliphatic rings. The number of sulfone groups is 1. The van der Waals surface area contributed by atoms with E-state index in [9.17, 15) is 13.2 Å². The van der Waals surface area contributed by atoms with Crippen molar-refractivity contribution in [2.75, 3.05) is 13.3 Å². The molecule has 0 aliphatic carbocycles. The van der Waals surface area contributed by atoms with E-state index in [4.69, 9.17) is 0 Å². The molecule has 0 saturated carbocycles. The lowest BCUT2D eigenvalue weighted by Gasteiger charge is -2.12. The first-order chi connectivity index (χ1) is 10.2. The van der Waals surface area contributed by atoms with Gasteiger partial charge in [-0.1, -0.05) is 18.6 Å². The Labute approximate surface area is 131 Å². The number of hydrogen-bond acceptors (Lipinski definition) is 5. The highest BCUT2D eigenvalue weighted by Crippen LogP contribution is 2.21. The van der Waals surface area contributed by atoms with Gasteiger partial charge in [-0.3, -0.25) is 4.79 Å². The maximum absolute atomic E-state index is 11.7. The molecule has 1 amide bonds. The molecule has 0 spiro atoms. The second-order valence-electron chi connectivity index (χ2n) is 5.23. The number of hydrogen-bond donors (Lipinski definition) is 0. The Hall–Kier alpha value is -2.02. The highest BCUT2D eigenvalue weighted by atomic mass is 32.2. The smallest absolute Gasteiger partial charge is 0.247 e.